The van der Waals surface area contributed by atoms with Gasteiger partial charge in [0.2, 0.25) is 5.88 Å². The third-order valence-corrected chi connectivity index (χ3v) is 5.51. The number of hydrogen-bond donors (Lipinski definition) is 1. The van der Waals surface area contributed by atoms with Gasteiger partial charge in [-0.1, -0.05) is 17.7 Å². The zero-order valence-electron chi connectivity index (χ0n) is 21.0. The Kier molecular flexibility index (Phi) is 7.53. The second-order valence-electron chi connectivity index (χ2n) is 8.25. The molecule has 0 saturated carbocycles. The lowest BCUT2D eigenvalue weighted by molar-refractivity contribution is -0.123. The minimum absolute atomic E-state index is 0.0668. The maximum atomic E-state index is 12.2. The molecule has 0 aliphatic heterocycles. The molecule has 0 spiro atoms. The highest BCUT2D eigenvalue weighted by atomic mass is 16.5. The van der Waals surface area contributed by atoms with Crippen LogP contribution < -0.4 is 24.3 Å². The average molecular weight is 492 g/mol. The van der Waals surface area contributed by atoms with Crippen LogP contribution in [-0.4, -0.2) is 59.7 Å². The molecule has 1 amide bonds. The Morgan fingerprint density at radius 2 is 1.72 bits per heavy atom. The van der Waals surface area contributed by atoms with Crippen molar-refractivity contribution in [3.8, 4) is 34.5 Å². The Morgan fingerprint density at radius 3 is 2.44 bits per heavy atom. The summed E-state index contributed by atoms with van der Waals surface area (Å²) in [5, 5.41) is 15.7. The minimum atomic E-state index is -0.228. The first-order valence-electron chi connectivity index (χ1n) is 11.4. The van der Waals surface area contributed by atoms with E-state index in [1.165, 1.54) is 0 Å². The van der Waals surface area contributed by atoms with Crippen LogP contribution in [0.2, 0.25) is 0 Å². The Labute approximate surface area is 209 Å². The lowest BCUT2D eigenvalue weighted by Crippen LogP contribution is -2.32. The molecule has 0 fully saturated rings. The van der Waals surface area contributed by atoms with Gasteiger partial charge in [0, 0.05) is 12.1 Å². The van der Waals surface area contributed by atoms with E-state index in [2.05, 4.69) is 20.6 Å². The van der Waals surface area contributed by atoms with E-state index < -0.39 is 0 Å². The van der Waals surface area contributed by atoms with Crippen molar-refractivity contribution >= 4 is 11.6 Å². The lowest BCUT2D eigenvalue weighted by atomic mass is 10.1. The number of carbonyl (C=O) groups excluding carboxylic acids is 1. The lowest BCUT2D eigenvalue weighted by Gasteiger charge is -2.13. The number of rotatable bonds is 10. The fourth-order valence-corrected chi connectivity index (χ4v) is 3.93. The van der Waals surface area contributed by atoms with Crippen LogP contribution in [0.25, 0.3) is 17.0 Å². The molecule has 0 saturated heterocycles. The molecule has 0 bridgehead atoms. The van der Waals surface area contributed by atoms with E-state index in [1.54, 1.807) is 36.9 Å². The molecule has 0 atom stereocenters. The first-order valence-corrected chi connectivity index (χ1v) is 11.4. The molecule has 0 aliphatic carbocycles. The van der Waals surface area contributed by atoms with Gasteiger partial charge in [0.05, 0.1) is 26.3 Å². The van der Waals surface area contributed by atoms with E-state index in [0.29, 0.717) is 41.0 Å². The number of nitrogens with one attached hydrogen (secondary N) is 1. The van der Waals surface area contributed by atoms with Gasteiger partial charge >= 0.3 is 0 Å². The van der Waals surface area contributed by atoms with E-state index in [-0.39, 0.29) is 19.1 Å². The summed E-state index contributed by atoms with van der Waals surface area (Å²) < 4.78 is 23.8. The maximum absolute atomic E-state index is 12.2. The van der Waals surface area contributed by atoms with Gasteiger partial charge in [-0.2, -0.15) is 4.52 Å². The molecule has 10 nitrogen and oxygen atoms in total. The zero-order chi connectivity index (χ0) is 25.7. The molecule has 10 heteroatoms. The molecular weight excluding hydrogens is 462 g/mol. The average Bonchev–Trinajstić information content (AvgIpc) is 3.28. The molecule has 36 heavy (non-hydrogen) atoms. The van der Waals surface area contributed by atoms with Crippen LogP contribution in [0.15, 0.2) is 42.5 Å². The number of fused-ring (bicyclic) bond motifs is 1. The summed E-state index contributed by atoms with van der Waals surface area (Å²) >= 11 is 0. The van der Waals surface area contributed by atoms with Crippen molar-refractivity contribution in [2.24, 2.45) is 0 Å². The van der Waals surface area contributed by atoms with Crippen molar-refractivity contribution in [2.45, 2.75) is 20.8 Å². The van der Waals surface area contributed by atoms with E-state index in [9.17, 15) is 4.79 Å². The first-order chi connectivity index (χ1) is 17.4. The predicted molar refractivity (Wildman–Crippen MR) is 134 cm³/mol. The SMILES string of the molecule is COc1ccc(-c2nnc3ccc(OCCNC(=O)COc4c(C)cc(C)cc4C)nn23)c(OC)c1. The summed E-state index contributed by atoms with van der Waals surface area (Å²) in [6.07, 6.45) is 0. The van der Waals surface area contributed by atoms with E-state index in [4.69, 9.17) is 18.9 Å². The van der Waals surface area contributed by atoms with Gasteiger partial charge < -0.3 is 24.3 Å². The predicted octanol–water partition coefficient (Wildman–Crippen LogP) is 3.31. The van der Waals surface area contributed by atoms with Crippen LogP contribution in [0.5, 0.6) is 23.1 Å². The van der Waals surface area contributed by atoms with Gasteiger partial charge in [-0.15, -0.1) is 15.3 Å². The molecule has 1 N–H and O–H groups in total. The number of nitrogens with zero attached hydrogens (tertiary/aromatic N) is 4. The van der Waals surface area contributed by atoms with E-state index >= 15 is 0 Å². The number of ether oxygens (including phenoxy) is 4. The van der Waals surface area contributed by atoms with Gasteiger partial charge in [0.15, 0.2) is 18.1 Å². The molecule has 2 aromatic carbocycles. The molecule has 0 unspecified atom stereocenters. The van der Waals surface area contributed by atoms with Gasteiger partial charge in [0.25, 0.3) is 5.91 Å². The summed E-state index contributed by atoms with van der Waals surface area (Å²) in [5.41, 5.74) is 4.44. The van der Waals surface area contributed by atoms with Crippen molar-refractivity contribution in [3.63, 3.8) is 0 Å². The second-order valence-corrected chi connectivity index (χ2v) is 8.25. The number of methoxy groups -OCH3 is 2. The summed E-state index contributed by atoms with van der Waals surface area (Å²) in [6, 6.07) is 12.9. The largest absolute Gasteiger partial charge is 0.497 e. The fourth-order valence-electron chi connectivity index (χ4n) is 3.93. The number of amides is 1. The Morgan fingerprint density at radius 1 is 0.944 bits per heavy atom. The van der Waals surface area contributed by atoms with Crippen molar-refractivity contribution in [3.05, 3.63) is 59.2 Å². The monoisotopic (exact) mass is 491 g/mol. The number of carbonyl (C=O) groups is 1. The van der Waals surface area contributed by atoms with Gasteiger partial charge in [-0.3, -0.25) is 4.79 Å². The molecular formula is C26H29N5O5. The highest BCUT2D eigenvalue weighted by molar-refractivity contribution is 5.77. The number of aromatic nitrogens is 4. The first kappa shape index (κ1) is 24.8. The summed E-state index contributed by atoms with van der Waals surface area (Å²) in [4.78, 5) is 12.2. The van der Waals surface area contributed by atoms with Crippen molar-refractivity contribution < 1.29 is 23.7 Å². The summed E-state index contributed by atoms with van der Waals surface area (Å²) in [7, 11) is 3.17. The third kappa shape index (κ3) is 5.48. The van der Waals surface area contributed by atoms with Crippen LogP contribution in [0.3, 0.4) is 0 Å². The second kappa shape index (κ2) is 10.9. The van der Waals surface area contributed by atoms with Crippen LogP contribution in [0.1, 0.15) is 16.7 Å². The van der Waals surface area contributed by atoms with Crippen LogP contribution >= 0.6 is 0 Å². The van der Waals surface area contributed by atoms with Gasteiger partial charge in [-0.05, 0) is 50.1 Å². The number of aryl methyl sites for hydroxylation is 3. The molecule has 4 rings (SSSR count). The Bertz CT molecular complexity index is 1360. The van der Waals surface area contributed by atoms with E-state index in [1.807, 2.05) is 45.0 Å². The highest BCUT2D eigenvalue weighted by Gasteiger charge is 2.16. The number of hydrogen-bond acceptors (Lipinski definition) is 8. The normalized spacial score (nSPS) is 10.8. The minimum Gasteiger partial charge on any atom is -0.497 e. The fraction of sp³-hybridized carbons (Fsp3) is 0.308. The van der Waals surface area contributed by atoms with Crippen LogP contribution in [-0.2, 0) is 4.79 Å². The molecule has 4 aromatic rings. The topological polar surface area (TPSA) is 109 Å². The van der Waals surface area contributed by atoms with Gasteiger partial charge in [-0.25, -0.2) is 0 Å². The van der Waals surface area contributed by atoms with Gasteiger partial charge in [0.1, 0.15) is 23.9 Å². The Balaban J connectivity index is 1.35. The Hall–Kier alpha value is -4.34. The zero-order valence-corrected chi connectivity index (χ0v) is 21.0. The summed E-state index contributed by atoms with van der Waals surface area (Å²) in [6.45, 7) is 6.44. The molecule has 2 heterocycles. The summed E-state index contributed by atoms with van der Waals surface area (Å²) in [5.74, 6) is 2.63. The van der Waals surface area contributed by atoms with Crippen molar-refractivity contribution in [1.82, 2.24) is 25.1 Å². The smallest absolute Gasteiger partial charge is 0.258 e. The molecule has 2 aromatic heterocycles. The van der Waals surface area contributed by atoms with Crippen LogP contribution in [0.4, 0.5) is 0 Å². The quantitative estimate of drug-likeness (QED) is 0.337. The van der Waals surface area contributed by atoms with Crippen molar-refractivity contribution in [1.29, 1.82) is 0 Å². The van der Waals surface area contributed by atoms with E-state index in [0.717, 1.165) is 22.4 Å². The standard InChI is InChI=1S/C26H29N5O5/c1-16-12-17(2)25(18(3)13-16)36-15-23(32)27-10-11-35-24-9-8-22-28-29-26(31(22)30-24)20-7-6-19(33-4)14-21(20)34-5/h6-9,12-14H,10-11,15H2,1-5H3,(H,27,32). The molecule has 0 radical (unpaired) electrons. The number of benzene rings is 2. The molecule has 0 aliphatic rings. The maximum Gasteiger partial charge on any atom is 0.258 e. The highest BCUT2D eigenvalue weighted by Crippen LogP contribution is 2.32. The third-order valence-electron chi connectivity index (χ3n) is 5.51. The van der Waals surface area contributed by atoms with Crippen molar-refractivity contribution in [2.75, 3.05) is 34.0 Å². The molecule has 188 valence electrons. The van der Waals surface area contributed by atoms with Crippen LogP contribution in [0, 0.1) is 20.8 Å².